The summed E-state index contributed by atoms with van der Waals surface area (Å²) in [6, 6.07) is 7.91. The molecule has 4 heteroatoms. The maximum absolute atomic E-state index is 12.4. The number of piperazine rings is 1. The van der Waals surface area contributed by atoms with E-state index >= 15 is 0 Å². The summed E-state index contributed by atoms with van der Waals surface area (Å²) >= 11 is 0. The first-order valence-corrected chi connectivity index (χ1v) is 6.79. The van der Waals surface area contributed by atoms with E-state index in [-0.39, 0.29) is 5.91 Å². The van der Waals surface area contributed by atoms with Crippen LogP contribution in [0.25, 0.3) is 0 Å². The fourth-order valence-electron chi connectivity index (χ4n) is 2.38. The highest BCUT2D eigenvalue weighted by Crippen LogP contribution is 2.16. The molecule has 2 rings (SSSR count). The van der Waals surface area contributed by atoms with Crippen molar-refractivity contribution in [2.75, 3.05) is 33.3 Å². The van der Waals surface area contributed by atoms with Gasteiger partial charge in [-0.2, -0.15) is 0 Å². The van der Waals surface area contributed by atoms with Crippen LogP contribution in [-0.2, 0) is 0 Å². The van der Waals surface area contributed by atoms with Crippen LogP contribution >= 0.6 is 0 Å². The first kappa shape index (κ1) is 13.9. The normalized spacial score (nSPS) is 16.7. The standard InChI is InChI=1S/C15H22N2O2/c1-12(2)16-7-9-17(10-8-16)15(18)13-5-4-6-14(11-13)19-3/h4-6,11-12H,7-10H2,1-3H3. The molecule has 0 aliphatic carbocycles. The lowest BCUT2D eigenvalue weighted by Crippen LogP contribution is -2.50. The van der Waals surface area contributed by atoms with Gasteiger partial charge in [-0.3, -0.25) is 9.69 Å². The zero-order valence-electron chi connectivity index (χ0n) is 11.9. The number of hydrogen-bond acceptors (Lipinski definition) is 3. The van der Waals surface area contributed by atoms with E-state index in [2.05, 4.69) is 18.7 Å². The van der Waals surface area contributed by atoms with Crippen molar-refractivity contribution >= 4 is 5.91 Å². The molecule has 1 heterocycles. The van der Waals surface area contributed by atoms with Crippen LogP contribution in [0.5, 0.6) is 5.75 Å². The van der Waals surface area contributed by atoms with Crippen molar-refractivity contribution < 1.29 is 9.53 Å². The van der Waals surface area contributed by atoms with Gasteiger partial charge in [-0.05, 0) is 32.0 Å². The summed E-state index contributed by atoms with van der Waals surface area (Å²) in [5, 5.41) is 0. The zero-order chi connectivity index (χ0) is 13.8. The van der Waals surface area contributed by atoms with Crippen molar-refractivity contribution in [2.24, 2.45) is 0 Å². The Kier molecular flexibility index (Phi) is 4.43. The molecule has 0 unspecified atom stereocenters. The van der Waals surface area contributed by atoms with E-state index in [4.69, 9.17) is 4.74 Å². The number of hydrogen-bond donors (Lipinski definition) is 0. The van der Waals surface area contributed by atoms with Gasteiger partial charge in [0.1, 0.15) is 5.75 Å². The number of methoxy groups -OCH3 is 1. The predicted octanol–water partition coefficient (Wildman–Crippen LogP) is 1.86. The molecular formula is C15H22N2O2. The minimum absolute atomic E-state index is 0.0994. The molecule has 0 bridgehead atoms. The molecule has 0 spiro atoms. The van der Waals surface area contributed by atoms with Crippen molar-refractivity contribution in [1.82, 2.24) is 9.80 Å². The topological polar surface area (TPSA) is 32.8 Å². The highest BCUT2D eigenvalue weighted by Gasteiger charge is 2.23. The summed E-state index contributed by atoms with van der Waals surface area (Å²) in [4.78, 5) is 16.7. The van der Waals surface area contributed by atoms with E-state index in [1.807, 2.05) is 23.1 Å². The Morgan fingerprint density at radius 1 is 1.21 bits per heavy atom. The third-order valence-electron chi connectivity index (χ3n) is 3.65. The molecule has 0 aromatic heterocycles. The third kappa shape index (κ3) is 3.26. The molecule has 104 valence electrons. The Bertz CT molecular complexity index is 438. The number of nitrogens with zero attached hydrogens (tertiary/aromatic N) is 2. The molecule has 1 saturated heterocycles. The fraction of sp³-hybridized carbons (Fsp3) is 0.533. The van der Waals surface area contributed by atoms with Gasteiger partial charge in [0, 0.05) is 37.8 Å². The van der Waals surface area contributed by atoms with Crippen LogP contribution in [-0.4, -0.2) is 55.0 Å². The van der Waals surface area contributed by atoms with Crippen LogP contribution in [0.3, 0.4) is 0 Å². The Morgan fingerprint density at radius 3 is 2.47 bits per heavy atom. The molecule has 0 atom stereocenters. The molecule has 0 saturated carbocycles. The van der Waals surface area contributed by atoms with Crippen LogP contribution in [0.1, 0.15) is 24.2 Å². The van der Waals surface area contributed by atoms with Gasteiger partial charge in [-0.1, -0.05) is 6.07 Å². The van der Waals surface area contributed by atoms with Gasteiger partial charge in [0.25, 0.3) is 5.91 Å². The molecule has 19 heavy (non-hydrogen) atoms. The molecular weight excluding hydrogens is 240 g/mol. The van der Waals surface area contributed by atoms with Crippen molar-refractivity contribution in [3.8, 4) is 5.75 Å². The Labute approximate surface area is 115 Å². The number of benzene rings is 1. The fourth-order valence-corrected chi connectivity index (χ4v) is 2.38. The quantitative estimate of drug-likeness (QED) is 0.833. The minimum Gasteiger partial charge on any atom is -0.497 e. The molecule has 1 aromatic carbocycles. The highest BCUT2D eigenvalue weighted by molar-refractivity contribution is 5.94. The van der Waals surface area contributed by atoms with Crippen molar-refractivity contribution in [1.29, 1.82) is 0 Å². The predicted molar refractivity (Wildman–Crippen MR) is 75.6 cm³/mol. The summed E-state index contributed by atoms with van der Waals surface area (Å²) in [5.41, 5.74) is 0.706. The summed E-state index contributed by atoms with van der Waals surface area (Å²) in [5.74, 6) is 0.828. The molecule has 1 amide bonds. The first-order valence-electron chi connectivity index (χ1n) is 6.79. The number of ether oxygens (including phenoxy) is 1. The summed E-state index contributed by atoms with van der Waals surface area (Å²) in [6.07, 6.45) is 0. The first-order chi connectivity index (χ1) is 9.11. The van der Waals surface area contributed by atoms with Gasteiger partial charge in [0.2, 0.25) is 0 Å². The lowest BCUT2D eigenvalue weighted by molar-refractivity contribution is 0.0595. The van der Waals surface area contributed by atoms with E-state index < -0.39 is 0 Å². The second-order valence-corrected chi connectivity index (χ2v) is 5.15. The van der Waals surface area contributed by atoms with Gasteiger partial charge in [-0.15, -0.1) is 0 Å². The third-order valence-corrected chi connectivity index (χ3v) is 3.65. The number of amides is 1. The van der Waals surface area contributed by atoms with Crippen LogP contribution < -0.4 is 4.74 Å². The van der Waals surface area contributed by atoms with Crippen molar-refractivity contribution in [3.63, 3.8) is 0 Å². The molecule has 4 nitrogen and oxygen atoms in total. The smallest absolute Gasteiger partial charge is 0.254 e. The maximum Gasteiger partial charge on any atom is 0.254 e. The van der Waals surface area contributed by atoms with E-state index in [1.165, 1.54) is 0 Å². The Hall–Kier alpha value is -1.55. The molecule has 1 aromatic rings. The second-order valence-electron chi connectivity index (χ2n) is 5.15. The average Bonchev–Trinajstić information content (AvgIpc) is 2.46. The molecule has 1 fully saturated rings. The van der Waals surface area contributed by atoms with Gasteiger partial charge >= 0.3 is 0 Å². The molecule has 1 aliphatic rings. The molecule has 0 radical (unpaired) electrons. The monoisotopic (exact) mass is 262 g/mol. The largest absolute Gasteiger partial charge is 0.497 e. The van der Waals surface area contributed by atoms with Crippen LogP contribution in [0.4, 0.5) is 0 Å². The lowest BCUT2D eigenvalue weighted by Gasteiger charge is -2.37. The van der Waals surface area contributed by atoms with Crippen LogP contribution in [0, 0.1) is 0 Å². The van der Waals surface area contributed by atoms with E-state index in [9.17, 15) is 4.79 Å². The van der Waals surface area contributed by atoms with Crippen LogP contribution in [0.15, 0.2) is 24.3 Å². The van der Waals surface area contributed by atoms with Gasteiger partial charge < -0.3 is 9.64 Å². The molecule has 1 aliphatic heterocycles. The van der Waals surface area contributed by atoms with E-state index in [0.717, 1.165) is 31.9 Å². The number of rotatable bonds is 3. The lowest BCUT2D eigenvalue weighted by atomic mass is 10.1. The van der Waals surface area contributed by atoms with Gasteiger partial charge in [0.15, 0.2) is 0 Å². The highest BCUT2D eigenvalue weighted by atomic mass is 16.5. The van der Waals surface area contributed by atoms with Crippen molar-refractivity contribution in [2.45, 2.75) is 19.9 Å². The summed E-state index contributed by atoms with van der Waals surface area (Å²) in [7, 11) is 1.62. The van der Waals surface area contributed by atoms with Gasteiger partial charge in [0.05, 0.1) is 7.11 Å². The summed E-state index contributed by atoms with van der Waals surface area (Å²) in [6.45, 7) is 7.89. The van der Waals surface area contributed by atoms with Crippen molar-refractivity contribution in [3.05, 3.63) is 29.8 Å². The Morgan fingerprint density at radius 2 is 1.89 bits per heavy atom. The number of carbonyl (C=O) groups excluding carboxylic acids is 1. The zero-order valence-corrected chi connectivity index (χ0v) is 11.9. The van der Waals surface area contributed by atoms with E-state index in [0.29, 0.717) is 11.6 Å². The average molecular weight is 262 g/mol. The van der Waals surface area contributed by atoms with E-state index in [1.54, 1.807) is 13.2 Å². The Balaban J connectivity index is 2.01. The SMILES string of the molecule is COc1cccc(C(=O)N2CCN(C(C)C)CC2)c1. The maximum atomic E-state index is 12.4. The van der Waals surface area contributed by atoms with Gasteiger partial charge in [-0.25, -0.2) is 0 Å². The number of carbonyl (C=O) groups is 1. The van der Waals surface area contributed by atoms with Crippen LogP contribution in [0.2, 0.25) is 0 Å². The molecule has 0 N–H and O–H groups in total. The minimum atomic E-state index is 0.0994. The second kappa shape index (κ2) is 6.06. The summed E-state index contributed by atoms with van der Waals surface area (Å²) < 4.78 is 5.16.